The smallest absolute Gasteiger partial charge is 0.226 e. The molecule has 2 aromatic rings. The van der Waals surface area contributed by atoms with Crippen LogP contribution < -0.4 is 10.2 Å². The van der Waals surface area contributed by atoms with Crippen molar-refractivity contribution in [3.05, 3.63) is 6.20 Å². The molecule has 6 heteroatoms. The maximum Gasteiger partial charge on any atom is 0.226 e. The van der Waals surface area contributed by atoms with Gasteiger partial charge in [-0.3, -0.25) is 5.10 Å². The molecular formula is C14H22N6. The number of nitrogens with one attached hydrogen (secondary N) is 2. The van der Waals surface area contributed by atoms with Crippen molar-refractivity contribution in [1.82, 2.24) is 20.2 Å². The summed E-state index contributed by atoms with van der Waals surface area (Å²) in [5.74, 6) is 3.14. The number of aromatic nitrogens is 4. The van der Waals surface area contributed by atoms with Crippen molar-refractivity contribution < 1.29 is 0 Å². The Morgan fingerprint density at radius 1 is 1.45 bits per heavy atom. The molecule has 0 spiro atoms. The molecule has 1 atom stereocenters. The zero-order valence-electron chi connectivity index (χ0n) is 12.3. The first-order valence-electron chi connectivity index (χ1n) is 7.39. The second kappa shape index (κ2) is 5.26. The number of fused-ring (bicyclic) bond motifs is 1. The van der Waals surface area contributed by atoms with Gasteiger partial charge in [0.25, 0.3) is 0 Å². The monoisotopic (exact) mass is 274 g/mol. The van der Waals surface area contributed by atoms with Gasteiger partial charge >= 0.3 is 0 Å². The highest BCUT2D eigenvalue weighted by atomic mass is 15.3. The van der Waals surface area contributed by atoms with Gasteiger partial charge in [-0.15, -0.1) is 0 Å². The fourth-order valence-corrected chi connectivity index (χ4v) is 2.82. The lowest BCUT2D eigenvalue weighted by atomic mass is 9.95. The van der Waals surface area contributed by atoms with Crippen LogP contribution in [0.15, 0.2) is 6.20 Å². The van der Waals surface area contributed by atoms with E-state index in [4.69, 9.17) is 0 Å². The van der Waals surface area contributed by atoms with Crippen LogP contribution in [0.5, 0.6) is 0 Å². The molecule has 6 nitrogen and oxygen atoms in total. The summed E-state index contributed by atoms with van der Waals surface area (Å²) in [6, 6.07) is 0. The molecule has 20 heavy (non-hydrogen) atoms. The average Bonchev–Trinajstić information content (AvgIpc) is 3.07. The van der Waals surface area contributed by atoms with E-state index in [9.17, 15) is 0 Å². The number of hydrogen-bond donors (Lipinski definition) is 2. The van der Waals surface area contributed by atoms with E-state index >= 15 is 0 Å². The summed E-state index contributed by atoms with van der Waals surface area (Å²) in [6.45, 7) is 9.59. The molecule has 0 aromatic carbocycles. The molecule has 0 radical (unpaired) electrons. The lowest BCUT2D eigenvalue weighted by Crippen LogP contribution is -2.23. The third kappa shape index (κ3) is 2.30. The van der Waals surface area contributed by atoms with Crippen LogP contribution in [0.2, 0.25) is 0 Å². The molecule has 3 heterocycles. The Balaban J connectivity index is 1.95. The summed E-state index contributed by atoms with van der Waals surface area (Å²) in [4.78, 5) is 11.5. The lowest BCUT2D eigenvalue weighted by Gasteiger charge is -2.20. The highest BCUT2D eigenvalue weighted by Gasteiger charge is 2.27. The zero-order valence-corrected chi connectivity index (χ0v) is 12.3. The van der Waals surface area contributed by atoms with E-state index in [0.717, 1.165) is 48.3 Å². The van der Waals surface area contributed by atoms with Crippen molar-refractivity contribution in [3.8, 4) is 0 Å². The minimum Gasteiger partial charge on any atom is -0.356 e. The van der Waals surface area contributed by atoms with Crippen LogP contribution >= 0.6 is 0 Å². The Morgan fingerprint density at radius 3 is 3.00 bits per heavy atom. The zero-order chi connectivity index (χ0) is 14.1. The Hall–Kier alpha value is -1.85. The molecule has 108 valence electrons. The molecule has 0 bridgehead atoms. The first kappa shape index (κ1) is 13.1. The van der Waals surface area contributed by atoms with Crippen molar-refractivity contribution in [2.45, 2.75) is 27.2 Å². The Kier molecular flexibility index (Phi) is 3.46. The van der Waals surface area contributed by atoms with Crippen LogP contribution in [0.1, 0.15) is 27.2 Å². The summed E-state index contributed by atoms with van der Waals surface area (Å²) in [5, 5.41) is 11.3. The largest absolute Gasteiger partial charge is 0.356 e. The van der Waals surface area contributed by atoms with Gasteiger partial charge in [-0.1, -0.05) is 13.8 Å². The normalized spacial score (nSPS) is 19.2. The summed E-state index contributed by atoms with van der Waals surface area (Å²) < 4.78 is 0. The third-order valence-corrected chi connectivity index (χ3v) is 4.09. The number of H-pyrrole nitrogens is 1. The molecule has 1 fully saturated rings. The van der Waals surface area contributed by atoms with Gasteiger partial charge in [0.05, 0.1) is 11.6 Å². The topological polar surface area (TPSA) is 69.7 Å². The summed E-state index contributed by atoms with van der Waals surface area (Å²) in [7, 11) is 0. The molecule has 2 aromatic heterocycles. The first-order valence-corrected chi connectivity index (χ1v) is 7.39. The molecule has 1 aliphatic heterocycles. The van der Waals surface area contributed by atoms with E-state index in [1.165, 1.54) is 6.42 Å². The minimum atomic E-state index is 0.673. The van der Waals surface area contributed by atoms with Crippen LogP contribution in [0.3, 0.4) is 0 Å². The van der Waals surface area contributed by atoms with Crippen LogP contribution in [0.25, 0.3) is 11.0 Å². The second-order valence-corrected chi connectivity index (χ2v) is 5.77. The minimum absolute atomic E-state index is 0.673. The number of nitrogens with zero attached hydrogens (tertiary/aromatic N) is 4. The average molecular weight is 274 g/mol. The highest BCUT2D eigenvalue weighted by molar-refractivity contribution is 5.87. The number of anilines is 2. The van der Waals surface area contributed by atoms with Crippen molar-refractivity contribution >= 4 is 22.8 Å². The maximum atomic E-state index is 4.68. The van der Waals surface area contributed by atoms with Gasteiger partial charge in [-0.05, 0) is 25.2 Å². The molecule has 3 rings (SSSR count). The van der Waals surface area contributed by atoms with Gasteiger partial charge in [-0.25, -0.2) is 0 Å². The van der Waals surface area contributed by atoms with E-state index in [1.807, 2.05) is 13.1 Å². The molecule has 0 aliphatic carbocycles. The fourth-order valence-electron chi connectivity index (χ4n) is 2.82. The van der Waals surface area contributed by atoms with Gasteiger partial charge in [0.15, 0.2) is 5.65 Å². The Morgan fingerprint density at radius 2 is 2.30 bits per heavy atom. The summed E-state index contributed by atoms with van der Waals surface area (Å²) >= 11 is 0. The van der Waals surface area contributed by atoms with Crippen molar-refractivity contribution in [2.24, 2.45) is 11.8 Å². The predicted molar refractivity (Wildman–Crippen MR) is 81.0 cm³/mol. The fraction of sp³-hybridized carbons (Fsp3) is 0.643. The van der Waals surface area contributed by atoms with Crippen LogP contribution in [0.4, 0.5) is 11.8 Å². The van der Waals surface area contributed by atoms with E-state index < -0.39 is 0 Å². The second-order valence-electron chi connectivity index (χ2n) is 5.77. The molecule has 1 aliphatic rings. The van der Waals surface area contributed by atoms with Crippen molar-refractivity contribution in [1.29, 1.82) is 0 Å². The van der Waals surface area contributed by atoms with Gasteiger partial charge < -0.3 is 10.2 Å². The number of hydrogen-bond acceptors (Lipinski definition) is 5. The molecule has 0 saturated carbocycles. The summed E-state index contributed by atoms with van der Waals surface area (Å²) in [5.41, 5.74) is 0.805. The van der Waals surface area contributed by atoms with Crippen LogP contribution in [-0.4, -0.2) is 39.8 Å². The van der Waals surface area contributed by atoms with Crippen molar-refractivity contribution in [3.63, 3.8) is 0 Å². The molecule has 2 N–H and O–H groups in total. The van der Waals surface area contributed by atoms with E-state index in [-0.39, 0.29) is 0 Å². The van der Waals surface area contributed by atoms with Crippen LogP contribution in [-0.2, 0) is 0 Å². The van der Waals surface area contributed by atoms with Gasteiger partial charge in [0.2, 0.25) is 5.95 Å². The third-order valence-electron chi connectivity index (χ3n) is 4.09. The SMILES string of the molecule is CCNc1nc(N2CCC(C(C)C)C2)c2cn[nH]c2n1. The molecule has 1 unspecified atom stereocenters. The van der Waals surface area contributed by atoms with Gasteiger partial charge in [0, 0.05) is 19.6 Å². The van der Waals surface area contributed by atoms with Gasteiger partial charge in [-0.2, -0.15) is 15.1 Å². The Labute approximate surface area is 119 Å². The van der Waals surface area contributed by atoms with Crippen LogP contribution in [0, 0.1) is 11.8 Å². The predicted octanol–water partition coefficient (Wildman–Crippen LogP) is 2.27. The summed E-state index contributed by atoms with van der Waals surface area (Å²) in [6.07, 6.45) is 3.06. The lowest BCUT2D eigenvalue weighted by molar-refractivity contribution is 0.422. The molecule has 1 saturated heterocycles. The van der Waals surface area contributed by atoms with E-state index in [2.05, 4.69) is 44.2 Å². The molecule has 0 amide bonds. The standard InChI is InChI=1S/C14H22N6/c1-4-15-14-17-12-11(7-16-19-12)13(18-14)20-6-5-10(8-20)9(2)3/h7,9-10H,4-6,8H2,1-3H3,(H2,15,16,17,18,19). The molecular weight excluding hydrogens is 252 g/mol. The van der Waals surface area contributed by atoms with Gasteiger partial charge in [0.1, 0.15) is 5.82 Å². The number of aromatic amines is 1. The van der Waals surface area contributed by atoms with E-state index in [0.29, 0.717) is 5.95 Å². The Bertz CT molecular complexity index is 590. The first-order chi connectivity index (χ1) is 9.69. The quantitative estimate of drug-likeness (QED) is 0.895. The maximum absolute atomic E-state index is 4.68. The number of rotatable bonds is 4. The highest BCUT2D eigenvalue weighted by Crippen LogP contribution is 2.31. The van der Waals surface area contributed by atoms with E-state index in [1.54, 1.807) is 0 Å². The van der Waals surface area contributed by atoms with Crippen molar-refractivity contribution in [2.75, 3.05) is 29.9 Å².